The third-order valence-corrected chi connectivity index (χ3v) is 6.68. The van der Waals surface area contributed by atoms with Crippen molar-refractivity contribution in [3.63, 3.8) is 0 Å². The van der Waals surface area contributed by atoms with Gasteiger partial charge in [0, 0.05) is 0 Å². The van der Waals surface area contributed by atoms with Gasteiger partial charge in [-0.05, 0) is 0 Å². The molecule has 0 aromatic heterocycles. The van der Waals surface area contributed by atoms with Crippen LogP contribution >= 0.6 is 0 Å². The summed E-state index contributed by atoms with van der Waals surface area (Å²) in [4.78, 5) is 0. The molecule has 0 saturated heterocycles. The fraction of sp³-hybridized carbons (Fsp3) is 0. The zero-order valence-electron chi connectivity index (χ0n) is 7.64. The summed E-state index contributed by atoms with van der Waals surface area (Å²) in [7, 11) is 0. The van der Waals surface area contributed by atoms with Gasteiger partial charge in [-0.2, -0.15) is 0 Å². The standard InChI is InChI=1S/C13H9.Bi/c1-11-7-5-6-10-13(11)12-8-3-2-4-9-12;/h1-8,10H;. The van der Waals surface area contributed by atoms with E-state index >= 15 is 0 Å². The van der Waals surface area contributed by atoms with Gasteiger partial charge in [-0.25, -0.2) is 0 Å². The van der Waals surface area contributed by atoms with Crippen LogP contribution in [0.25, 0.3) is 11.1 Å². The van der Waals surface area contributed by atoms with Gasteiger partial charge in [0.15, 0.2) is 0 Å². The predicted octanol–water partition coefficient (Wildman–Crippen LogP) is 1.85. The van der Waals surface area contributed by atoms with Crippen molar-refractivity contribution in [1.29, 1.82) is 0 Å². The first-order chi connectivity index (χ1) is 6.95. The normalized spacial score (nSPS) is 12.0. The van der Waals surface area contributed by atoms with E-state index in [0.717, 1.165) is 0 Å². The van der Waals surface area contributed by atoms with Gasteiger partial charge in [-0.1, -0.05) is 0 Å². The molecule has 0 atom stereocenters. The van der Waals surface area contributed by atoms with Crippen molar-refractivity contribution in [3.05, 3.63) is 54.1 Å². The van der Waals surface area contributed by atoms with E-state index in [1.165, 1.54) is 16.7 Å². The van der Waals surface area contributed by atoms with Gasteiger partial charge in [0.05, 0.1) is 0 Å². The Kier molecular flexibility index (Phi) is 2.06. The molecule has 0 unspecified atom stereocenters. The first-order valence-corrected chi connectivity index (χ1v) is 8.42. The van der Waals surface area contributed by atoms with E-state index in [2.05, 4.69) is 52.2 Å². The second-order valence-electron chi connectivity index (χ2n) is 3.36. The van der Waals surface area contributed by atoms with Gasteiger partial charge in [-0.3, -0.25) is 0 Å². The Balaban J connectivity index is 2.36. The van der Waals surface area contributed by atoms with E-state index in [1.807, 2.05) is 0 Å². The molecule has 3 rings (SSSR count). The summed E-state index contributed by atoms with van der Waals surface area (Å²) in [6, 6.07) is 17.6. The van der Waals surface area contributed by atoms with Gasteiger partial charge < -0.3 is 0 Å². The number of rotatable bonds is 0. The van der Waals surface area contributed by atoms with Gasteiger partial charge in [0.25, 0.3) is 0 Å². The van der Waals surface area contributed by atoms with Gasteiger partial charge in [0.1, 0.15) is 0 Å². The van der Waals surface area contributed by atoms with Crippen molar-refractivity contribution >= 4 is 29.7 Å². The van der Waals surface area contributed by atoms with E-state index in [4.69, 9.17) is 0 Å². The maximum atomic E-state index is 2.48. The van der Waals surface area contributed by atoms with Crippen LogP contribution < -0.4 is 3.27 Å². The molecule has 1 heteroatoms. The Hall–Kier alpha value is -0.807. The zero-order chi connectivity index (χ0) is 9.38. The molecule has 0 radical (unpaired) electrons. The number of fused-ring (bicyclic) bond motifs is 3. The summed E-state index contributed by atoms with van der Waals surface area (Å²) in [6.07, 6.45) is 0. The topological polar surface area (TPSA) is 0 Å². The molecule has 66 valence electrons. The Morgan fingerprint density at radius 1 is 0.714 bits per heavy atom. The molecule has 1 aliphatic heterocycles. The molecular formula is C13H9Bi. The fourth-order valence-electron chi connectivity index (χ4n) is 1.81. The van der Waals surface area contributed by atoms with E-state index in [9.17, 15) is 0 Å². The molecule has 2 aromatic carbocycles. The van der Waals surface area contributed by atoms with Crippen LogP contribution in [0.1, 0.15) is 5.56 Å². The maximum absolute atomic E-state index is 2.48. The Bertz CT molecular complexity index is 465. The summed E-state index contributed by atoms with van der Waals surface area (Å²) in [6.45, 7) is 0. The molecule has 0 saturated carbocycles. The summed E-state index contributed by atoms with van der Waals surface area (Å²) in [5, 5.41) is 0. The molecule has 0 fully saturated rings. The predicted molar refractivity (Wildman–Crippen MR) is 62.4 cm³/mol. The van der Waals surface area contributed by atoms with Gasteiger partial charge >= 0.3 is 95.0 Å². The van der Waals surface area contributed by atoms with E-state index in [1.54, 1.807) is 3.27 Å². The first-order valence-electron chi connectivity index (χ1n) is 4.68. The molecule has 2 aromatic rings. The number of hydrogen-bond acceptors (Lipinski definition) is 0. The Morgan fingerprint density at radius 3 is 2.36 bits per heavy atom. The second kappa shape index (κ2) is 3.40. The molecule has 0 spiro atoms. The van der Waals surface area contributed by atoms with Crippen molar-refractivity contribution < 1.29 is 0 Å². The van der Waals surface area contributed by atoms with Crippen LogP contribution in [0.2, 0.25) is 0 Å². The van der Waals surface area contributed by atoms with Crippen LogP contribution in [0.3, 0.4) is 0 Å². The molecule has 14 heavy (non-hydrogen) atoms. The first kappa shape index (κ1) is 8.50. The molecule has 0 nitrogen and oxygen atoms in total. The minimum atomic E-state index is -0.549. The van der Waals surface area contributed by atoms with Gasteiger partial charge in [-0.15, -0.1) is 0 Å². The van der Waals surface area contributed by atoms with Crippen LogP contribution in [0.15, 0.2) is 48.5 Å². The molecule has 0 bridgehead atoms. The Labute approximate surface area is 94.6 Å². The van der Waals surface area contributed by atoms with E-state index in [0.29, 0.717) is 0 Å². The Morgan fingerprint density at radius 2 is 1.43 bits per heavy atom. The minimum absolute atomic E-state index is 0.549. The van der Waals surface area contributed by atoms with Crippen molar-refractivity contribution in [1.82, 2.24) is 0 Å². The monoisotopic (exact) mass is 374 g/mol. The molecular weight excluding hydrogens is 365 g/mol. The summed E-state index contributed by atoms with van der Waals surface area (Å²) in [5.41, 5.74) is 4.34. The van der Waals surface area contributed by atoms with Crippen LogP contribution in [0.5, 0.6) is 0 Å². The molecule has 1 heterocycles. The average Bonchev–Trinajstić information content (AvgIpc) is 2.29. The van der Waals surface area contributed by atoms with Crippen molar-refractivity contribution in [3.8, 4) is 11.1 Å². The van der Waals surface area contributed by atoms with Crippen molar-refractivity contribution in [2.45, 2.75) is 0 Å². The zero-order valence-corrected chi connectivity index (χ0v) is 11.1. The van der Waals surface area contributed by atoms with Gasteiger partial charge in [0.2, 0.25) is 0 Å². The SMILES string of the molecule is [CH]1=[Bi][c]2ccccc2-c2ccccc21. The van der Waals surface area contributed by atoms with Crippen LogP contribution in [-0.4, -0.2) is 26.5 Å². The third kappa shape index (κ3) is 1.28. The van der Waals surface area contributed by atoms with E-state index in [-0.39, 0.29) is 0 Å². The molecule has 1 aliphatic rings. The van der Waals surface area contributed by atoms with Crippen molar-refractivity contribution in [2.75, 3.05) is 0 Å². The number of benzene rings is 2. The van der Waals surface area contributed by atoms with Crippen LogP contribution in [-0.2, 0) is 0 Å². The molecule has 0 N–H and O–H groups in total. The van der Waals surface area contributed by atoms with Crippen molar-refractivity contribution in [2.24, 2.45) is 0 Å². The van der Waals surface area contributed by atoms with Crippen LogP contribution in [0, 0.1) is 0 Å². The summed E-state index contributed by atoms with van der Waals surface area (Å²) >= 11 is -0.549. The molecule has 0 aliphatic carbocycles. The third-order valence-electron chi connectivity index (χ3n) is 2.50. The van der Waals surface area contributed by atoms with E-state index < -0.39 is 22.8 Å². The fourth-order valence-corrected chi connectivity index (χ4v) is 5.73. The summed E-state index contributed by atoms with van der Waals surface area (Å²) in [5.74, 6) is 0. The van der Waals surface area contributed by atoms with Crippen LogP contribution in [0.4, 0.5) is 0 Å². The second-order valence-corrected chi connectivity index (χ2v) is 7.24. The average molecular weight is 374 g/mol. The summed E-state index contributed by atoms with van der Waals surface area (Å²) < 4.78 is 4.10. The quantitative estimate of drug-likeness (QED) is 0.527. The number of hydrogen-bond donors (Lipinski definition) is 0. The molecule has 0 amide bonds.